The van der Waals surface area contributed by atoms with Crippen LogP contribution in [0.2, 0.25) is 10.0 Å². The van der Waals surface area contributed by atoms with E-state index < -0.39 is 0 Å². The fourth-order valence-electron chi connectivity index (χ4n) is 4.91. The molecule has 2 aromatic carbocycles. The van der Waals surface area contributed by atoms with Crippen molar-refractivity contribution < 1.29 is 0 Å². The Balaban J connectivity index is 1.35. The van der Waals surface area contributed by atoms with Crippen molar-refractivity contribution in [3.8, 4) is 0 Å². The van der Waals surface area contributed by atoms with Crippen LogP contribution in [-0.4, -0.2) is 35.5 Å². The molecule has 2 aromatic rings. The van der Waals surface area contributed by atoms with Gasteiger partial charge in [0.05, 0.1) is 15.9 Å². The highest BCUT2D eigenvalue weighted by atomic mass is 35.5. The van der Waals surface area contributed by atoms with Gasteiger partial charge in [0, 0.05) is 24.8 Å². The standard InChI is InChI=1S/C26H33Cl2N3/c1-18(2)26(31-16-22-6-4-5-7-25(22)29-19(31)3)17-30-12-10-20(11-13-30)14-21-8-9-23(27)24(28)15-21/h4-9,15,18,20,26,29H,3,10-14,16-17H2,1-2H3. The lowest BCUT2D eigenvalue weighted by Gasteiger charge is -2.44. The third-order valence-electron chi connectivity index (χ3n) is 6.81. The van der Waals surface area contributed by atoms with Crippen molar-refractivity contribution >= 4 is 28.9 Å². The van der Waals surface area contributed by atoms with Crippen LogP contribution in [0.25, 0.3) is 0 Å². The second-order valence-electron chi connectivity index (χ2n) is 9.36. The van der Waals surface area contributed by atoms with E-state index in [1.54, 1.807) is 0 Å². The van der Waals surface area contributed by atoms with Crippen molar-refractivity contribution in [3.63, 3.8) is 0 Å². The second-order valence-corrected chi connectivity index (χ2v) is 10.2. The van der Waals surface area contributed by atoms with Crippen molar-refractivity contribution in [2.24, 2.45) is 11.8 Å². The van der Waals surface area contributed by atoms with Gasteiger partial charge in [-0.15, -0.1) is 0 Å². The number of anilines is 1. The van der Waals surface area contributed by atoms with E-state index in [1.165, 1.54) is 29.7 Å². The minimum atomic E-state index is 0.444. The van der Waals surface area contributed by atoms with Gasteiger partial charge in [-0.25, -0.2) is 0 Å². The van der Waals surface area contributed by atoms with Crippen LogP contribution < -0.4 is 5.32 Å². The Morgan fingerprint density at radius 1 is 1.06 bits per heavy atom. The SMILES string of the molecule is C=C1Nc2ccccc2CN1C(CN1CCC(Cc2ccc(Cl)c(Cl)c2)CC1)C(C)C. The molecule has 2 aliphatic rings. The van der Waals surface area contributed by atoms with Crippen molar-refractivity contribution in [3.05, 3.63) is 76.0 Å². The van der Waals surface area contributed by atoms with Crippen LogP contribution in [0, 0.1) is 11.8 Å². The molecule has 0 aliphatic carbocycles. The molecule has 1 atom stereocenters. The number of likely N-dealkylation sites (tertiary alicyclic amines) is 1. The lowest BCUT2D eigenvalue weighted by atomic mass is 9.89. The Bertz CT molecular complexity index is 919. The predicted molar refractivity (Wildman–Crippen MR) is 133 cm³/mol. The van der Waals surface area contributed by atoms with Crippen molar-refractivity contribution in [2.45, 2.75) is 45.7 Å². The molecule has 1 N–H and O–H groups in total. The summed E-state index contributed by atoms with van der Waals surface area (Å²) in [7, 11) is 0. The molecule has 0 amide bonds. The van der Waals surface area contributed by atoms with Crippen LogP contribution in [0.3, 0.4) is 0 Å². The maximum Gasteiger partial charge on any atom is 0.0989 e. The van der Waals surface area contributed by atoms with Gasteiger partial charge in [0.1, 0.15) is 0 Å². The first-order valence-electron chi connectivity index (χ1n) is 11.4. The molecule has 3 nitrogen and oxygen atoms in total. The maximum absolute atomic E-state index is 6.20. The zero-order valence-corrected chi connectivity index (χ0v) is 20.1. The molecule has 166 valence electrons. The summed E-state index contributed by atoms with van der Waals surface area (Å²) in [5, 5.41) is 4.81. The first kappa shape index (κ1) is 22.5. The molecule has 0 radical (unpaired) electrons. The Morgan fingerprint density at radius 2 is 1.81 bits per heavy atom. The fourth-order valence-corrected chi connectivity index (χ4v) is 5.23. The average molecular weight is 458 g/mol. The zero-order chi connectivity index (χ0) is 22.0. The quantitative estimate of drug-likeness (QED) is 0.522. The molecule has 1 fully saturated rings. The third-order valence-corrected chi connectivity index (χ3v) is 7.55. The Labute approximate surface area is 197 Å². The Hall–Kier alpha value is -1.68. The summed E-state index contributed by atoms with van der Waals surface area (Å²) in [4.78, 5) is 5.11. The van der Waals surface area contributed by atoms with Crippen LogP contribution in [0.4, 0.5) is 5.69 Å². The van der Waals surface area contributed by atoms with Crippen LogP contribution in [-0.2, 0) is 13.0 Å². The van der Waals surface area contributed by atoms with E-state index in [0.717, 1.165) is 38.4 Å². The van der Waals surface area contributed by atoms with Crippen LogP contribution in [0.5, 0.6) is 0 Å². The minimum absolute atomic E-state index is 0.444. The number of piperidine rings is 1. The van der Waals surface area contributed by atoms with Crippen LogP contribution >= 0.6 is 23.2 Å². The maximum atomic E-state index is 6.20. The monoisotopic (exact) mass is 457 g/mol. The molecule has 2 aliphatic heterocycles. The van der Waals surface area contributed by atoms with Crippen LogP contribution in [0.1, 0.15) is 37.8 Å². The first-order chi connectivity index (χ1) is 14.9. The van der Waals surface area contributed by atoms with Gasteiger partial charge < -0.3 is 15.1 Å². The highest BCUT2D eigenvalue weighted by molar-refractivity contribution is 6.42. The summed E-state index contributed by atoms with van der Waals surface area (Å²) in [6.07, 6.45) is 3.54. The molecular formula is C26H33Cl2N3. The smallest absolute Gasteiger partial charge is 0.0989 e. The molecule has 0 bridgehead atoms. The van der Waals surface area contributed by atoms with Gasteiger partial charge in [0.15, 0.2) is 0 Å². The predicted octanol–water partition coefficient (Wildman–Crippen LogP) is 6.67. The van der Waals surface area contributed by atoms with Crippen molar-refractivity contribution in [1.29, 1.82) is 0 Å². The Kier molecular flexibility index (Phi) is 7.15. The first-order valence-corrected chi connectivity index (χ1v) is 12.1. The summed E-state index contributed by atoms with van der Waals surface area (Å²) < 4.78 is 0. The number of benzene rings is 2. The van der Waals surface area contributed by atoms with E-state index in [2.05, 4.69) is 65.9 Å². The second kappa shape index (κ2) is 9.85. The number of nitrogens with one attached hydrogen (secondary N) is 1. The molecule has 0 aromatic heterocycles. The lowest BCUT2D eigenvalue weighted by molar-refractivity contribution is 0.102. The average Bonchev–Trinajstić information content (AvgIpc) is 2.75. The summed E-state index contributed by atoms with van der Waals surface area (Å²) in [6.45, 7) is 13.3. The number of hydrogen-bond acceptors (Lipinski definition) is 3. The van der Waals surface area contributed by atoms with Gasteiger partial charge >= 0.3 is 0 Å². The molecule has 0 saturated carbocycles. The number of halogens is 2. The summed E-state index contributed by atoms with van der Waals surface area (Å²) in [5.74, 6) is 2.29. The number of para-hydroxylation sites is 1. The molecule has 4 rings (SSSR count). The number of rotatable bonds is 6. The normalized spacial score (nSPS) is 18.7. The highest BCUT2D eigenvalue weighted by Crippen LogP contribution is 2.31. The van der Waals surface area contributed by atoms with Crippen molar-refractivity contribution in [2.75, 3.05) is 25.0 Å². The number of fused-ring (bicyclic) bond motifs is 1. The molecule has 2 heterocycles. The van der Waals surface area contributed by atoms with E-state index in [-0.39, 0.29) is 0 Å². The molecule has 1 saturated heterocycles. The highest BCUT2D eigenvalue weighted by Gasteiger charge is 2.30. The van der Waals surface area contributed by atoms with E-state index >= 15 is 0 Å². The largest absolute Gasteiger partial charge is 0.350 e. The van der Waals surface area contributed by atoms with E-state index in [1.807, 2.05) is 12.1 Å². The molecule has 31 heavy (non-hydrogen) atoms. The topological polar surface area (TPSA) is 18.5 Å². The molecule has 0 spiro atoms. The zero-order valence-electron chi connectivity index (χ0n) is 18.6. The van der Waals surface area contributed by atoms with E-state index in [4.69, 9.17) is 23.2 Å². The number of hydrogen-bond donors (Lipinski definition) is 1. The lowest BCUT2D eigenvalue weighted by Crippen LogP contribution is -2.50. The van der Waals surface area contributed by atoms with Gasteiger partial charge in [-0.1, -0.05) is 67.9 Å². The van der Waals surface area contributed by atoms with Gasteiger partial charge in [0.2, 0.25) is 0 Å². The fraction of sp³-hybridized carbons (Fsp3) is 0.462. The van der Waals surface area contributed by atoms with E-state index in [0.29, 0.717) is 27.9 Å². The van der Waals surface area contributed by atoms with Crippen molar-refractivity contribution in [1.82, 2.24) is 9.80 Å². The number of nitrogens with zero attached hydrogens (tertiary/aromatic N) is 2. The summed E-state index contributed by atoms with van der Waals surface area (Å²) in [5.41, 5.74) is 3.83. The van der Waals surface area contributed by atoms with Gasteiger partial charge in [-0.3, -0.25) is 0 Å². The summed E-state index contributed by atoms with van der Waals surface area (Å²) >= 11 is 12.3. The third kappa shape index (κ3) is 5.39. The minimum Gasteiger partial charge on any atom is -0.350 e. The van der Waals surface area contributed by atoms with Gasteiger partial charge in [0.25, 0.3) is 0 Å². The molecule has 1 unspecified atom stereocenters. The molecule has 5 heteroatoms. The van der Waals surface area contributed by atoms with Crippen LogP contribution in [0.15, 0.2) is 54.9 Å². The summed E-state index contributed by atoms with van der Waals surface area (Å²) in [6, 6.07) is 15.1. The van der Waals surface area contributed by atoms with Gasteiger partial charge in [-0.05, 0) is 73.5 Å². The Morgan fingerprint density at radius 3 is 2.52 bits per heavy atom. The van der Waals surface area contributed by atoms with E-state index in [9.17, 15) is 0 Å². The molecular weight excluding hydrogens is 425 g/mol. The van der Waals surface area contributed by atoms with Gasteiger partial charge in [-0.2, -0.15) is 0 Å².